The zero-order valence-electron chi connectivity index (χ0n) is 13.8. The number of benzene rings is 1. The molecule has 1 amide bonds. The van der Waals surface area contributed by atoms with Gasteiger partial charge in [0, 0.05) is 24.2 Å². The second-order valence-electron chi connectivity index (χ2n) is 6.84. The van der Waals surface area contributed by atoms with E-state index in [4.69, 9.17) is 4.74 Å². The molecule has 0 spiro atoms. The average Bonchev–Trinajstić information content (AvgIpc) is 2.36. The minimum atomic E-state index is -0.649. The van der Waals surface area contributed by atoms with E-state index in [0.717, 1.165) is 0 Å². The van der Waals surface area contributed by atoms with E-state index in [1.54, 1.807) is 26.8 Å². The van der Waals surface area contributed by atoms with Crippen LogP contribution in [0, 0.1) is 5.82 Å². The minimum Gasteiger partial charge on any atom is -0.505 e. The summed E-state index contributed by atoms with van der Waals surface area (Å²) in [4.78, 5) is 11.6. The maximum absolute atomic E-state index is 13.3. The fraction of sp³-hybridized carbons (Fsp3) is 0.562. The third-order valence-electron chi connectivity index (χ3n) is 2.90. The van der Waals surface area contributed by atoms with Crippen LogP contribution >= 0.6 is 0 Å². The Morgan fingerprint density at radius 3 is 2.50 bits per heavy atom. The number of carbonyl (C=O) groups is 1. The molecule has 0 fully saturated rings. The van der Waals surface area contributed by atoms with Crippen LogP contribution in [0.1, 0.15) is 40.2 Å². The fourth-order valence-electron chi connectivity index (χ4n) is 1.71. The lowest BCUT2D eigenvalue weighted by molar-refractivity contribution is 0.0513. The fourth-order valence-corrected chi connectivity index (χ4v) is 1.71. The monoisotopic (exact) mass is 312 g/mol. The normalized spacial score (nSPS) is 12.1. The lowest BCUT2D eigenvalue weighted by atomic mass is 10.0. The largest absolute Gasteiger partial charge is 0.505 e. The van der Waals surface area contributed by atoms with E-state index >= 15 is 0 Å². The van der Waals surface area contributed by atoms with Gasteiger partial charge in [0.15, 0.2) is 11.6 Å². The van der Waals surface area contributed by atoms with E-state index in [-0.39, 0.29) is 12.3 Å². The highest BCUT2D eigenvalue weighted by atomic mass is 19.1. The van der Waals surface area contributed by atoms with Crippen molar-refractivity contribution in [2.45, 2.75) is 52.3 Å². The predicted octanol–water partition coefficient (Wildman–Crippen LogP) is 2.92. The van der Waals surface area contributed by atoms with Crippen LogP contribution in [0.4, 0.5) is 9.18 Å². The van der Waals surface area contributed by atoms with Gasteiger partial charge in [-0.25, -0.2) is 9.18 Å². The van der Waals surface area contributed by atoms with Crippen molar-refractivity contribution in [2.75, 3.05) is 6.54 Å². The molecule has 1 aromatic rings. The third-order valence-corrected chi connectivity index (χ3v) is 2.90. The van der Waals surface area contributed by atoms with Gasteiger partial charge in [0.25, 0.3) is 0 Å². The molecule has 0 saturated heterocycles. The highest BCUT2D eigenvalue weighted by Gasteiger charge is 2.21. The number of phenolic OH excluding ortho intramolecular Hbond substituents is 1. The molecule has 0 aliphatic heterocycles. The van der Waals surface area contributed by atoms with Gasteiger partial charge >= 0.3 is 6.09 Å². The maximum Gasteiger partial charge on any atom is 0.407 e. The molecule has 0 aliphatic rings. The standard InChI is InChI=1S/C16H25FN2O3/c1-15(2,3)22-14(21)18-10-16(4,5)19-9-11-7-6-8-12(17)13(11)20/h6-8,19-20H,9-10H2,1-5H3,(H,18,21). The number of carbonyl (C=O) groups excluding carboxylic acids is 1. The predicted molar refractivity (Wildman–Crippen MR) is 83.2 cm³/mol. The summed E-state index contributed by atoms with van der Waals surface area (Å²) in [6.45, 7) is 9.78. The summed E-state index contributed by atoms with van der Waals surface area (Å²) in [6, 6.07) is 4.38. The molecule has 0 radical (unpaired) electrons. The summed E-state index contributed by atoms with van der Waals surface area (Å²) in [7, 11) is 0. The van der Waals surface area contributed by atoms with E-state index in [1.165, 1.54) is 12.1 Å². The number of para-hydroxylation sites is 1. The molecule has 0 heterocycles. The number of hydrogen-bond acceptors (Lipinski definition) is 4. The molecule has 3 N–H and O–H groups in total. The smallest absolute Gasteiger partial charge is 0.407 e. The number of aromatic hydroxyl groups is 1. The van der Waals surface area contributed by atoms with Gasteiger partial charge in [-0.3, -0.25) is 0 Å². The number of ether oxygens (including phenoxy) is 1. The first-order valence-corrected chi connectivity index (χ1v) is 7.18. The Kier molecular flexibility index (Phi) is 5.77. The number of halogens is 1. The SMILES string of the molecule is CC(C)(CNC(=O)OC(C)(C)C)NCc1cccc(F)c1O. The highest BCUT2D eigenvalue weighted by molar-refractivity contribution is 5.67. The first-order valence-electron chi connectivity index (χ1n) is 7.18. The molecule has 0 saturated carbocycles. The molecule has 124 valence electrons. The van der Waals surface area contributed by atoms with Crippen molar-refractivity contribution in [3.8, 4) is 5.75 Å². The molecule has 5 nitrogen and oxygen atoms in total. The molecule has 0 aromatic heterocycles. The van der Waals surface area contributed by atoms with Crippen LogP contribution < -0.4 is 10.6 Å². The lowest BCUT2D eigenvalue weighted by Gasteiger charge is -2.28. The van der Waals surface area contributed by atoms with Crippen LogP contribution in [0.15, 0.2) is 18.2 Å². The Morgan fingerprint density at radius 1 is 1.27 bits per heavy atom. The van der Waals surface area contributed by atoms with Crippen molar-refractivity contribution in [1.82, 2.24) is 10.6 Å². The van der Waals surface area contributed by atoms with Gasteiger partial charge < -0.3 is 20.5 Å². The van der Waals surface area contributed by atoms with E-state index in [1.807, 2.05) is 13.8 Å². The maximum atomic E-state index is 13.3. The van der Waals surface area contributed by atoms with Crippen LogP contribution in [-0.4, -0.2) is 28.9 Å². The van der Waals surface area contributed by atoms with Crippen molar-refractivity contribution in [1.29, 1.82) is 0 Å². The quantitative estimate of drug-likeness (QED) is 0.782. The molecule has 22 heavy (non-hydrogen) atoms. The van der Waals surface area contributed by atoms with Gasteiger partial charge in [0.1, 0.15) is 5.60 Å². The number of phenols is 1. The number of rotatable bonds is 5. The van der Waals surface area contributed by atoms with Gasteiger partial charge in [-0.1, -0.05) is 12.1 Å². The Hall–Kier alpha value is -1.82. The summed E-state index contributed by atoms with van der Waals surface area (Å²) in [5.41, 5.74) is -0.532. The Balaban J connectivity index is 2.50. The van der Waals surface area contributed by atoms with E-state index in [0.29, 0.717) is 12.1 Å². The number of amides is 1. The van der Waals surface area contributed by atoms with Crippen molar-refractivity contribution >= 4 is 6.09 Å². The van der Waals surface area contributed by atoms with Gasteiger partial charge in [-0.2, -0.15) is 0 Å². The third kappa shape index (κ3) is 6.30. The van der Waals surface area contributed by atoms with Crippen molar-refractivity contribution in [2.24, 2.45) is 0 Å². The number of nitrogens with one attached hydrogen (secondary N) is 2. The first-order chi connectivity index (χ1) is 10.0. The van der Waals surface area contributed by atoms with E-state index in [2.05, 4.69) is 10.6 Å². The molecule has 6 heteroatoms. The van der Waals surface area contributed by atoms with Gasteiger partial charge in [0.2, 0.25) is 0 Å². The molecule has 0 unspecified atom stereocenters. The van der Waals surface area contributed by atoms with Gasteiger partial charge in [0.05, 0.1) is 0 Å². The van der Waals surface area contributed by atoms with Crippen LogP contribution in [0.2, 0.25) is 0 Å². The number of alkyl carbamates (subject to hydrolysis) is 1. The molecular weight excluding hydrogens is 287 g/mol. The van der Waals surface area contributed by atoms with Gasteiger partial charge in [-0.15, -0.1) is 0 Å². The second kappa shape index (κ2) is 6.96. The summed E-state index contributed by atoms with van der Waals surface area (Å²) in [5.74, 6) is -1.00. The average molecular weight is 312 g/mol. The minimum absolute atomic E-state index is 0.284. The summed E-state index contributed by atoms with van der Waals surface area (Å²) < 4.78 is 18.4. The van der Waals surface area contributed by atoms with Crippen LogP contribution in [0.25, 0.3) is 0 Å². The van der Waals surface area contributed by atoms with Crippen molar-refractivity contribution < 1.29 is 19.0 Å². The Labute approximate surface area is 130 Å². The Bertz CT molecular complexity index is 525. The summed E-state index contributed by atoms with van der Waals surface area (Å²) >= 11 is 0. The number of hydrogen-bond donors (Lipinski definition) is 3. The van der Waals surface area contributed by atoms with Gasteiger partial charge in [-0.05, 0) is 40.7 Å². The van der Waals surface area contributed by atoms with Crippen LogP contribution in [0.3, 0.4) is 0 Å². The molecule has 0 bridgehead atoms. The van der Waals surface area contributed by atoms with Crippen LogP contribution in [-0.2, 0) is 11.3 Å². The summed E-state index contributed by atoms with van der Waals surface area (Å²) in [5, 5.41) is 15.5. The topological polar surface area (TPSA) is 70.6 Å². The Morgan fingerprint density at radius 2 is 1.91 bits per heavy atom. The zero-order valence-corrected chi connectivity index (χ0v) is 13.8. The second-order valence-corrected chi connectivity index (χ2v) is 6.84. The first kappa shape index (κ1) is 18.2. The van der Waals surface area contributed by atoms with E-state index in [9.17, 15) is 14.3 Å². The molecule has 0 atom stereocenters. The lowest BCUT2D eigenvalue weighted by Crippen LogP contribution is -2.49. The molecule has 0 aliphatic carbocycles. The molecule has 1 aromatic carbocycles. The summed E-state index contributed by atoms with van der Waals surface area (Å²) in [6.07, 6.45) is -0.490. The zero-order chi connectivity index (χ0) is 17.0. The molecule has 1 rings (SSSR count). The highest BCUT2D eigenvalue weighted by Crippen LogP contribution is 2.21. The van der Waals surface area contributed by atoms with E-state index < -0.39 is 23.1 Å². The molecular formula is C16H25FN2O3. The van der Waals surface area contributed by atoms with Crippen molar-refractivity contribution in [3.63, 3.8) is 0 Å². The van der Waals surface area contributed by atoms with Crippen LogP contribution in [0.5, 0.6) is 5.75 Å². The van der Waals surface area contributed by atoms with Crippen molar-refractivity contribution in [3.05, 3.63) is 29.6 Å².